The number of aryl methyl sites for hydroxylation is 1. The lowest BCUT2D eigenvalue weighted by atomic mass is 10.0. The molecule has 3 rings (SSSR count). The number of hydrogen-bond donors (Lipinski definition) is 0. The maximum atomic E-state index is 12.9. The molecular weight excluding hydrogens is 360 g/mol. The zero-order valence-corrected chi connectivity index (χ0v) is 15.8. The Morgan fingerprint density at radius 3 is 2.57 bits per heavy atom. The van der Waals surface area contributed by atoms with Crippen molar-refractivity contribution in [2.45, 2.75) is 19.4 Å². The van der Waals surface area contributed by atoms with E-state index < -0.39 is 4.92 Å². The fourth-order valence-electron chi connectivity index (χ4n) is 3.11. The monoisotopic (exact) mass is 380 g/mol. The molecule has 0 aliphatic carbocycles. The minimum Gasteiger partial charge on any atom is -0.339 e. The van der Waals surface area contributed by atoms with E-state index in [9.17, 15) is 19.7 Å². The van der Waals surface area contributed by atoms with Gasteiger partial charge in [-0.15, -0.1) is 0 Å². The van der Waals surface area contributed by atoms with Gasteiger partial charge in [-0.2, -0.15) is 5.10 Å². The van der Waals surface area contributed by atoms with Crippen LogP contribution in [0.1, 0.15) is 24.2 Å². The third-order valence-corrected chi connectivity index (χ3v) is 4.89. The molecule has 1 unspecified atom stereocenters. The number of nitro groups is 1. The van der Waals surface area contributed by atoms with Crippen molar-refractivity contribution in [1.82, 2.24) is 14.7 Å². The zero-order valence-electron chi connectivity index (χ0n) is 15.8. The summed E-state index contributed by atoms with van der Waals surface area (Å²) in [7, 11) is 3.20. The van der Waals surface area contributed by atoms with Gasteiger partial charge in [-0.25, -0.2) is 4.68 Å². The highest BCUT2D eigenvalue weighted by Gasteiger charge is 2.21. The third-order valence-electron chi connectivity index (χ3n) is 4.89. The van der Waals surface area contributed by atoms with Crippen molar-refractivity contribution in [3.63, 3.8) is 0 Å². The summed E-state index contributed by atoms with van der Waals surface area (Å²) in [5.41, 5.74) is 0.949. The minimum atomic E-state index is -0.460. The number of carbonyl (C=O) groups excluding carboxylic acids is 1. The molecule has 0 saturated carbocycles. The first-order valence-corrected chi connectivity index (χ1v) is 8.74. The maximum Gasteiger partial charge on any atom is 0.274 e. The van der Waals surface area contributed by atoms with Crippen molar-refractivity contribution < 1.29 is 9.72 Å². The second-order valence-electron chi connectivity index (χ2n) is 6.63. The van der Waals surface area contributed by atoms with Crippen LogP contribution < -0.4 is 5.56 Å². The van der Waals surface area contributed by atoms with Gasteiger partial charge in [-0.1, -0.05) is 30.3 Å². The van der Waals surface area contributed by atoms with Gasteiger partial charge in [0.2, 0.25) is 5.91 Å². The van der Waals surface area contributed by atoms with E-state index in [1.165, 1.54) is 21.7 Å². The Labute approximate surface area is 161 Å². The van der Waals surface area contributed by atoms with E-state index in [-0.39, 0.29) is 29.6 Å². The maximum absolute atomic E-state index is 12.9. The quantitative estimate of drug-likeness (QED) is 0.500. The molecule has 3 aromatic rings. The first-order valence-electron chi connectivity index (χ1n) is 8.74. The number of benzene rings is 2. The van der Waals surface area contributed by atoms with E-state index in [1.54, 1.807) is 50.5 Å². The fraction of sp³-hybridized carbons (Fsp3) is 0.250. The number of likely N-dealkylation sites (N-methyl/N-ethyl adjacent to an activating group) is 1. The number of aromatic nitrogens is 2. The molecular formula is C20H20N4O4. The van der Waals surface area contributed by atoms with Gasteiger partial charge in [-0.05, 0) is 18.6 Å². The average molecular weight is 380 g/mol. The van der Waals surface area contributed by atoms with E-state index in [0.29, 0.717) is 22.0 Å². The lowest BCUT2D eigenvalue weighted by Gasteiger charge is -2.25. The summed E-state index contributed by atoms with van der Waals surface area (Å²) in [5.74, 6) is -0.199. The van der Waals surface area contributed by atoms with E-state index in [2.05, 4.69) is 5.10 Å². The molecule has 8 heteroatoms. The summed E-state index contributed by atoms with van der Waals surface area (Å²) in [5, 5.41) is 16.4. The van der Waals surface area contributed by atoms with Gasteiger partial charge in [0.15, 0.2) is 0 Å². The molecule has 1 atom stereocenters. The van der Waals surface area contributed by atoms with Crippen LogP contribution in [0.25, 0.3) is 10.8 Å². The van der Waals surface area contributed by atoms with E-state index in [1.807, 2.05) is 6.92 Å². The molecule has 8 nitrogen and oxygen atoms in total. The van der Waals surface area contributed by atoms with Crippen LogP contribution in [0.3, 0.4) is 0 Å². The molecule has 1 heterocycles. The summed E-state index contributed by atoms with van der Waals surface area (Å²) in [6.45, 7) is 1.81. The molecule has 0 aliphatic rings. The van der Waals surface area contributed by atoms with E-state index in [0.717, 1.165) is 0 Å². The highest BCUT2D eigenvalue weighted by atomic mass is 16.6. The summed E-state index contributed by atoms with van der Waals surface area (Å²) < 4.78 is 1.23. The van der Waals surface area contributed by atoms with Gasteiger partial charge in [0.05, 0.1) is 28.5 Å². The van der Waals surface area contributed by atoms with Gasteiger partial charge in [0.1, 0.15) is 0 Å². The number of hydrogen-bond acceptors (Lipinski definition) is 5. The van der Waals surface area contributed by atoms with Crippen LogP contribution >= 0.6 is 0 Å². The number of rotatable bonds is 5. The second kappa shape index (κ2) is 7.59. The van der Waals surface area contributed by atoms with Crippen molar-refractivity contribution in [1.29, 1.82) is 0 Å². The predicted octanol–water partition coefficient (Wildman–Crippen LogP) is 2.60. The molecule has 0 bridgehead atoms. The molecule has 0 aliphatic heterocycles. The number of nitrogens with zero attached hydrogens (tertiary/aromatic N) is 4. The minimum absolute atomic E-state index is 0.0177. The third kappa shape index (κ3) is 3.62. The van der Waals surface area contributed by atoms with E-state index in [4.69, 9.17) is 0 Å². The first-order chi connectivity index (χ1) is 13.3. The van der Waals surface area contributed by atoms with Crippen LogP contribution in [0.4, 0.5) is 5.69 Å². The van der Waals surface area contributed by atoms with Crippen molar-refractivity contribution in [3.8, 4) is 0 Å². The Bertz CT molecular complexity index is 1120. The SMILES string of the molecule is CC(c1cccc([N+](=O)[O-])c1)N(C)C(=O)Cc1nn(C)c(=O)c2ccccc12. The zero-order chi connectivity index (χ0) is 20.4. The number of non-ortho nitro benzene ring substituents is 1. The van der Waals surface area contributed by atoms with Crippen LogP contribution in [0.5, 0.6) is 0 Å². The molecule has 0 spiro atoms. The second-order valence-corrected chi connectivity index (χ2v) is 6.63. The highest BCUT2D eigenvalue weighted by Crippen LogP contribution is 2.24. The number of amides is 1. The van der Waals surface area contributed by atoms with Crippen LogP contribution in [0, 0.1) is 10.1 Å². The first kappa shape index (κ1) is 19.2. The lowest BCUT2D eigenvalue weighted by Crippen LogP contribution is -2.32. The van der Waals surface area contributed by atoms with Crippen LogP contribution in [-0.2, 0) is 18.3 Å². The van der Waals surface area contributed by atoms with Gasteiger partial charge in [-0.3, -0.25) is 19.7 Å². The number of fused-ring (bicyclic) bond motifs is 1. The molecule has 0 N–H and O–H groups in total. The topological polar surface area (TPSA) is 98.3 Å². The van der Waals surface area contributed by atoms with Crippen LogP contribution in [0.15, 0.2) is 53.3 Å². The molecule has 0 radical (unpaired) electrons. The Kier molecular flexibility index (Phi) is 5.21. The van der Waals surface area contributed by atoms with Gasteiger partial charge in [0, 0.05) is 31.6 Å². The van der Waals surface area contributed by atoms with Crippen molar-refractivity contribution >= 4 is 22.4 Å². The Morgan fingerprint density at radius 1 is 1.21 bits per heavy atom. The van der Waals surface area contributed by atoms with Gasteiger partial charge in [0.25, 0.3) is 11.2 Å². The smallest absolute Gasteiger partial charge is 0.274 e. The van der Waals surface area contributed by atoms with Crippen LogP contribution in [-0.4, -0.2) is 32.6 Å². The van der Waals surface area contributed by atoms with Gasteiger partial charge < -0.3 is 4.90 Å². The molecule has 0 saturated heterocycles. The lowest BCUT2D eigenvalue weighted by molar-refractivity contribution is -0.384. The largest absolute Gasteiger partial charge is 0.339 e. The van der Waals surface area contributed by atoms with Crippen molar-refractivity contribution in [3.05, 3.63) is 80.3 Å². The van der Waals surface area contributed by atoms with Crippen molar-refractivity contribution in [2.24, 2.45) is 7.05 Å². The normalized spacial score (nSPS) is 12.0. The highest BCUT2D eigenvalue weighted by molar-refractivity contribution is 5.88. The average Bonchev–Trinajstić information content (AvgIpc) is 2.70. The van der Waals surface area contributed by atoms with Crippen molar-refractivity contribution in [2.75, 3.05) is 7.05 Å². The van der Waals surface area contributed by atoms with Gasteiger partial charge >= 0.3 is 0 Å². The molecule has 28 heavy (non-hydrogen) atoms. The Hall–Kier alpha value is -3.55. The summed E-state index contributed by atoms with van der Waals surface area (Å²) in [6.07, 6.45) is 0.0183. The number of carbonyl (C=O) groups is 1. The molecule has 1 amide bonds. The number of nitro benzene ring substituents is 1. The summed E-state index contributed by atoms with van der Waals surface area (Å²) in [6, 6.07) is 12.9. The molecule has 0 fully saturated rings. The molecule has 144 valence electrons. The summed E-state index contributed by atoms with van der Waals surface area (Å²) in [4.78, 5) is 37.1. The molecule has 2 aromatic carbocycles. The van der Waals surface area contributed by atoms with Crippen LogP contribution in [0.2, 0.25) is 0 Å². The Balaban J connectivity index is 1.88. The fourth-order valence-corrected chi connectivity index (χ4v) is 3.11. The summed E-state index contributed by atoms with van der Waals surface area (Å²) >= 11 is 0. The Morgan fingerprint density at radius 2 is 1.89 bits per heavy atom. The van der Waals surface area contributed by atoms with E-state index >= 15 is 0 Å². The standard InChI is InChI=1S/C20H20N4O4/c1-13(14-7-6-8-15(11-14)24(27)28)22(2)19(25)12-18-16-9-4-5-10-17(16)20(26)23(3)21-18/h4-11,13H,12H2,1-3H3. The predicted molar refractivity (Wildman–Crippen MR) is 105 cm³/mol. The molecule has 1 aromatic heterocycles.